The molecule has 0 saturated carbocycles. The summed E-state index contributed by atoms with van der Waals surface area (Å²) in [6.07, 6.45) is 5.76. The maximum absolute atomic E-state index is 12.2. The first kappa shape index (κ1) is 18.8. The number of furan rings is 1. The molecule has 1 aliphatic heterocycles. The fraction of sp³-hybridized carbons (Fsp3) is 0.333. The third kappa shape index (κ3) is 4.66. The summed E-state index contributed by atoms with van der Waals surface area (Å²) in [5.41, 5.74) is 2.08. The summed E-state index contributed by atoms with van der Waals surface area (Å²) in [6.45, 7) is 1.94. The zero-order valence-electron chi connectivity index (χ0n) is 15.5. The molecule has 3 aromatic rings. The van der Waals surface area contributed by atoms with E-state index in [2.05, 4.69) is 27.0 Å². The van der Waals surface area contributed by atoms with Crippen LogP contribution in [-0.4, -0.2) is 40.5 Å². The Morgan fingerprint density at radius 2 is 2.14 bits per heavy atom. The van der Waals surface area contributed by atoms with Crippen LogP contribution in [0.15, 0.2) is 64.5 Å². The minimum atomic E-state index is -0.00527. The average molecular weight is 398 g/mol. The second-order valence-corrected chi connectivity index (χ2v) is 7.63. The first-order chi connectivity index (χ1) is 13.8. The average Bonchev–Trinajstić information content (AvgIpc) is 3.48. The van der Waals surface area contributed by atoms with Gasteiger partial charge < -0.3 is 19.0 Å². The lowest BCUT2D eigenvalue weighted by Gasteiger charge is -2.12. The predicted octanol–water partition coefficient (Wildman–Crippen LogP) is 3.58. The predicted molar refractivity (Wildman–Crippen MR) is 108 cm³/mol. The summed E-state index contributed by atoms with van der Waals surface area (Å²) in [4.78, 5) is 16.8. The summed E-state index contributed by atoms with van der Waals surface area (Å²) in [6, 6.07) is 13.9. The molecule has 28 heavy (non-hydrogen) atoms. The molecule has 0 aliphatic carbocycles. The number of nitrogens with one attached hydrogen (secondary N) is 1. The van der Waals surface area contributed by atoms with E-state index in [-0.39, 0.29) is 12.0 Å². The van der Waals surface area contributed by atoms with Crippen molar-refractivity contribution >= 4 is 17.7 Å². The number of aromatic nitrogens is 2. The van der Waals surface area contributed by atoms with Gasteiger partial charge in [0.2, 0.25) is 5.91 Å². The van der Waals surface area contributed by atoms with E-state index in [0.29, 0.717) is 18.8 Å². The molecule has 1 fully saturated rings. The highest BCUT2D eigenvalue weighted by molar-refractivity contribution is 7.99. The summed E-state index contributed by atoms with van der Waals surface area (Å²) in [5.74, 6) is 1.16. The van der Waals surface area contributed by atoms with Gasteiger partial charge in [-0.05, 0) is 30.5 Å². The number of hydrogen-bond donors (Lipinski definition) is 1. The van der Waals surface area contributed by atoms with Crippen LogP contribution in [0.4, 0.5) is 0 Å². The van der Waals surface area contributed by atoms with E-state index in [0.717, 1.165) is 41.6 Å². The van der Waals surface area contributed by atoms with Gasteiger partial charge in [0, 0.05) is 13.2 Å². The second-order valence-electron chi connectivity index (χ2n) is 6.69. The molecule has 1 saturated heterocycles. The van der Waals surface area contributed by atoms with Crippen molar-refractivity contribution in [2.24, 2.45) is 0 Å². The maximum Gasteiger partial charge on any atom is 0.230 e. The zero-order valence-corrected chi connectivity index (χ0v) is 16.4. The minimum absolute atomic E-state index is 0.00527. The van der Waals surface area contributed by atoms with Gasteiger partial charge in [-0.15, -0.1) is 0 Å². The monoisotopic (exact) mass is 397 g/mol. The van der Waals surface area contributed by atoms with Gasteiger partial charge in [-0.1, -0.05) is 42.1 Å². The van der Waals surface area contributed by atoms with Gasteiger partial charge in [-0.2, -0.15) is 0 Å². The van der Waals surface area contributed by atoms with Crippen molar-refractivity contribution in [3.63, 3.8) is 0 Å². The third-order valence-electron chi connectivity index (χ3n) is 4.67. The molecule has 2 aromatic heterocycles. The first-order valence-electron chi connectivity index (χ1n) is 9.44. The normalized spacial score (nSPS) is 16.4. The molecule has 1 N–H and O–H groups in total. The number of thioether (sulfide) groups is 1. The smallest absolute Gasteiger partial charge is 0.230 e. The van der Waals surface area contributed by atoms with Crippen molar-refractivity contribution in [1.82, 2.24) is 14.9 Å². The van der Waals surface area contributed by atoms with E-state index in [1.165, 1.54) is 11.8 Å². The molecule has 146 valence electrons. The number of nitrogens with zero attached hydrogens (tertiary/aromatic N) is 2. The third-order valence-corrected chi connectivity index (χ3v) is 5.66. The molecule has 0 bridgehead atoms. The number of benzene rings is 1. The molecule has 3 heterocycles. The molecule has 0 unspecified atom stereocenters. The largest absolute Gasteiger partial charge is 0.467 e. The Hall–Kier alpha value is -2.51. The number of amides is 1. The molecule has 1 aliphatic rings. The van der Waals surface area contributed by atoms with Crippen LogP contribution in [0.3, 0.4) is 0 Å². The Bertz CT molecular complexity index is 887. The topological polar surface area (TPSA) is 69.3 Å². The van der Waals surface area contributed by atoms with Crippen LogP contribution < -0.4 is 5.32 Å². The number of ether oxygens (including phenoxy) is 1. The molecule has 4 rings (SSSR count). The molecule has 1 amide bonds. The van der Waals surface area contributed by atoms with Gasteiger partial charge in [-0.25, -0.2) is 4.98 Å². The van der Waals surface area contributed by atoms with E-state index in [1.807, 2.05) is 36.5 Å². The Morgan fingerprint density at radius 1 is 1.25 bits per heavy atom. The Balaban J connectivity index is 1.45. The van der Waals surface area contributed by atoms with E-state index in [4.69, 9.17) is 9.15 Å². The number of imidazole rings is 1. The van der Waals surface area contributed by atoms with Gasteiger partial charge in [0.1, 0.15) is 5.76 Å². The van der Waals surface area contributed by atoms with Crippen molar-refractivity contribution in [2.75, 3.05) is 18.9 Å². The SMILES string of the molecule is O=C(CSc1ncc(-c2ccccc2)n1Cc1ccco1)NC[C@@H]1CCCO1. The highest BCUT2D eigenvalue weighted by atomic mass is 32.2. The fourth-order valence-electron chi connectivity index (χ4n) is 3.24. The maximum atomic E-state index is 12.2. The van der Waals surface area contributed by atoms with Gasteiger partial charge in [0.25, 0.3) is 0 Å². The molecule has 0 radical (unpaired) electrons. The molecular weight excluding hydrogens is 374 g/mol. The summed E-state index contributed by atoms with van der Waals surface area (Å²) in [7, 11) is 0. The molecular formula is C21H23N3O3S. The standard InChI is InChI=1S/C21H23N3O3S/c25-20(22-12-17-8-4-10-26-17)15-28-21-23-13-19(16-6-2-1-3-7-16)24(21)14-18-9-5-11-27-18/h1-3,5-7,9,11,13,17H,4,8,10,12,14-15H2,(H,22,25)/t17-/m0/s1. The van der Waals surface area contributed by atoms with Crippen LogP contribution in [0, 0.1) is 0 Å². The number of hydrogen-bond acceptors (Lipinski definition) is 5. The Labute approximate surface area is 168 Å². The minimum Gasteiger partial charge on any atom is -0.467 e. The molecule has 1 atom stereocenters. The van der Waals surface area contributed by atoms with E-state index >= 15 is 0 Å². The van der Waals surface area contributed by atoms with E-state index in [1.54, 1.807) is 6.26 Å². The van der Waals surface area contributed by atoms with Crippen molar-refractivity contribution < 1.29 is 13.9 Å². The second kappa shape index (κ2) is 9.12. The lowest BCUT2D eigenvalue weighted by molar-refractivity contribution is -0.119. The van der Waals surface area contributed by atoms with Crippen LogP contribution in [-0.2, 0) is 16.1 Å². The number of rotatable bonds is 8. The van der Waals surface area contributed by atoms with E-state index < -0.39 is 0 Å². The summed E-state index contributed by atoms with van der Waals surface area (Å²) < 4.78 is 13.2. The van der Waals surface area contributed by atoms with Crippen LogP contribution in [0.5, 0.6) is 0 Å². The zero-order chi connectivity index (χ0) is 19.2. The van der Waals surface area contributed by atoms with Gasteiger partial charge >= 0.3 is 0 Å². The van der Waals surface area contributed by atoms with Crippen LogP contribution in [0.25, 0.3) is 11.3 Å². The quantitative estimate of drug-likeness (QED) is 0.589. The highest BCUT2D eigenvalue weighted by Gasteiger charge is 2.18. The summed E-state index contributed by atoms with van der Waals surface area (Å²) >= 11 is 1.43. The highest BCUT2D eigenvalue weighted by Crippen LogP contribution is 2.27. The van der Waals surface area contributed by atoms with Gasteiger partial charge in [0.05, 0.1) is 36.6 Å². The van der Waals surface area contributed by atoms with Crippen molar-refractivity contribution in [1.29, 1.82) is 0 Å². The lowest BCUT2D eigenvalue weighted by Crippen LogP contribution is -2.32. The molecule has 6 nitrogen and oxygen atoms in total. The Kier molecular flexibility index (Phi) is 6.14. The first-order valence-corrected chi connectivity index (χ1v) is 10.4. The van der Waals surface area contributed by atoms with Gasteiger partial charge in [-0.3, -0.25) is 4.79 Å². The Morgan fingerprint density at radius 3 is 2.89 bits per heavy atom. The van der Waals surface area contributed by atoms with Crippen molar-refractivity contribution in [3.8, 4) is 11.3 Å². The number of carbonyl (C=O) groups is 1. The number of carbonyl (C=O) groups excluding carboxylic acids is 1. The van der Waals surface area contributed by atoms with Crippen molar-refractivity contribution in [3.05, 3.63) is 60.7 Å². The molecule has 7 heteroatoms. The molecule has 0 spiro atoms. The van der Waals surface area contributed by atoms with Crippen LogP contribution in [0.2, 0.25) is 0 Å². The summed E-state index contributed by atoms with van der Waals surface area (Å²) in [5, 5.41) is 3.75. The van der Waals surface area contributed by atoms with Gasteiger partial charge in [0.15, 0.2) is 5.16 Å². The lowest BCUT2D eigenvalue weighted by atomic mass is 10.2. The van der Waals surface area contributed by atoms with E-state index in [9.17, 15) is 4.79 Å². The fourth-order valence-corrected chi connectivity index (χ4v) is 4.05. The molecule has 1 aromatic carbocycles. The van der Waals surface area contributed by atoms with Crippen LogP contribution >= 0.6 is 11.8 Å². The van der Waals surface area contributed by atoms with Crippen molar-refractivity contribution in [2.45, 2.75) is 30.6 Å². The van der Waals surface area contributed by atoms with Crippen LogP contribution in [0.1, 0.15) is 18.6 Å².